The van der Waals surface area contributed by atoms with E-state index in [1.54, 1.807) is 12.1 Å². The monoisotopic (exact) mass is 445 g/mol. The zero-order chi connectivity index (χ0) is 21.4. The fraction of sp³-hybridized carbons (Fsp3) is 0.389. The lowest BCUT2D eigenvalue weighted by Crippen LogP contribution is -2.38. The molecule has 29 heavy (non-hydrogen) atoms. The number of nitrogens with zero attached hydrogens (tertiary/aromatic N) is 2. The van der Waals surface area contributed by atoms with Crippen LogP contribution in [0.15, 0.2) is 30.6 Å². The van der Waals surface area contributed by atoms with E-state index in [2.05, 4.69) is 14.7 Å². The van der Waals surface area contributed by atoms with E-state index in [0.29, 0.717) is 11.1 Å². The number of halogens is 3. The number of nitrogens with one attached hydrogen (secondary N) is 1. The van der Waals surface area contributed by atoms with Gasteiger partial charge in [-0.05, 0) is 37.0 Å². The first-order chi connectivity index (χ1) is 13.5. The number of sulfonamides is 1. The number of aromatic nitrogens is 2. The minimum Gasteiger partial charge on any atom is -0.481 e. The number of carboxylic acids is 1. The molecule has 0 saturated heterocycles. The van der Waals surface area contributed by atoms with Crippen molar-refractivity contribution in [3.8, 4) is 11.4 Å². The molecule has 0 bridgehead atoms. The van der Waals surface area contributed by atoms with Crippen molar-refractivity contribution in [2.24, 2.45) is 5.41 Å². The third-order valence-electron chi connectivity index (χ3n) is 4.89. The zero-order valence-electron chi connectivity index (χ0n) is 15.3. The Bertz CT molecular complexity index is 1040. The van der Waals surface area contributed by atoms with Crippen LogP contribution in [0.5, 0.6) is 0 Å². The molecule has 2 N–H and O–H groups in total. The van der Waals surface area contributed by atoms with Gasteiger partial charge in [-0.25, -0.2) is 31.9 Å². The molecular weight excluding hydrogens is 428 g/mol. The first-order valence-corrected chi connectivity index (χ1v) is 10.9. The lowest BCUT2D eigenvalue weighted by atomic mass is 9.79. The van der Waals surface area contributed by atoms with Gasteiger partial charge in [-0.15, -0.1) is 0 Å². The molecule has 1 aliphatic rings. The molecule has 3 atom stereocenters. The molecule has 1 saturated carbocycles. The molecule has 0 amide bonds. The van der Waals surface area contributed by atoms with Crippen molar-refractivity contribution in [3.05, 3.63) is 47.0 Å². The Morgan fingerprint density at radius 2 is 2.00 bits per heavy atom. The van der Waals surface area contributed by atoms with Gasteiger partial charge >= 0.3 is 5.97 Å². The lowest BCUT2D eigenvalue weighted by molar-refractivity contribution is -0.148. The summed E-state index contributed by atoms with van der Waals surface area (Å²) in [5.74, 6) is -1.67. The van der Waals surface area contributed by atoms with E-state index in [9.17, 15) is 27.1 Å². The maximum Gasteiger partial charge on any atom is 0.310 e. The summed E-state index contributed by atoms with van der Waals surface area (Å²) in [5.41, 5.74) is -0.575. The van der Waals surface area contributed by atoms with Crippen molar-refractivity contribution in [2.75, 3.05) is 6.26 Å². The average molecular weight is 446 g/mol. The summed E-state index contributed by atoms with van der Waals surface area (Å²) in [6.07, 6.45) is 0.659. The third-order valence-corrected chi connectivity index (χ3v) is 5.95. The Labute approximate surface area is 171 Å². The Kier molecular flexibility index (Phi) is 5.88. The van der Waals surface area contributed by atoms with Gasteiger partial charge in [0, 0.05) is 5.56 Å². The highest BCUT2D eigenvalue weighted by atomic mass is 35.5. The van der Waals surface area contributed by atoms with Gasteiger partial charge in [0.15, 0.2) is 11.6 Å². The van der Waals surface area contributed by atoms with Crippen LogP contribution in [0.1, 0.15) is 18.4 Å². The molecule has 1 aromatic carbocycles. The quantitative estimate of drug-likeness (QED) is 0.707. The standard InChI is InChI=1S/C18H18ClF2N3O4S/c1-29(27,28)24-15-7-18(17(25)26,6-14(15)21)5-10-2-3-13(19)12(4-10)16-22-8-11(20)9-23-16/h2-4,8-9,14-15,24H,5-7H2,1H3,(H,25,26)/t14-,15+,18-/m0/s1. The third kappa shape index (κ3) is 4.88. The van der Waals surface area contributed by atoms with Crippen LogP contribution in [0.25, 0.3) is 11.4 Å². The second kappa shape index (κ2) is 7.92. The van der Waals surface area contributed by atoms with Crippen LogP contribution in [0.4, 0.5) is 8.78 Å². The number of carboxylic acid groups (broad SMARTS) is 1. The van der Waals surface area contributed by atoms with Gasteiger partial charge in [-0.3, -0.25) is 4.79 Å². The summed E-state index contributed by atoms with van der Waals surface area (Å²) in [6.45, 7) is 0. The van der Waals surface area contributed by atoms with E-state index in [1.165, 1.54) is 6.07 Å². The number of rotatable bonds is 6. The number of alkyl halides is 1. The van der Waals surface area contributed by atoms with Gasteiger partial charge in [-0.1, -0.05) is 17.7 Å². The molecule has 7 nitrogen and oxygen atoms in total. The number of carbonyl (C=O) groups is 1. The SMILES string of the molecule is CS(=O)(=O)N[C@@H]1C[C@@](Cc2ccc(Cl)c(-c3ncc(F)cn3)c2)(C(=O)O)C[C@@H]1F. The van der Waals surface area contributed by atoms with Gasteiger partial charge in [0.1, 0.15) is 6.17 Å². The molecule has 1 aliphatic carbocycles. The number of hydrogen-bond acceptors (Lipinski definition) is 5. The van der Waals surface area contributed by atoms with Crippen LogP contribution >= 0.6 is 11.6 Å². The van der Waals surface area contributed by atoms with Crippen LogP contribution in [-0.2, 0) is 21.2 Å². The average Bonchev–Trinajstić information content (AvgIpc) is 2.92. The van der Waals surface area contributed by atoms with Crippen LogP contribution in [0, 0.1) is 11.2 Å². The molecular formula is C18H18ClF2N3O4S. The molecule has 2 aromatic rings. The van der Waals surface area contributed by atoms with E-state index in [-0.39, 0.29) is 30.1 Å². The molecule has 3 rings (SSSR count). The van der Waals surface area contributed by atoms with Crippen LogP contribution < -0.4 is 4.72 Å². The summed E-state index contributed by atoms with van der Waals surface area (Å²) < 4.78 is 52.6. The first kappa shape index (κ1) is 21.5. The molecule has 1 fully saturated rings. The van der Waals surface area contributed by atoms with Crippen LogP contribution in [0.2, 0.25) is 5.02 Å². The van der Waals surface area contributed by atoms with Crippen LogP contribution in [0.3, 0.4) is 0 Å². The summed E-state index contributed by atoms with van der Waals surface area (Å²) >= 11 is 6.18. The minimum absolute atomic E-state index is 0.0456. The Balaban J connectivity index is 1.91. The van der Waals surface area contributed by atoms with Crippen molar-refractivity contribution in [1.82, 2.24) is 14.7 Å². The predicted octanol–water partition coefficient (Wildman–Crippen LogP) is 2.60. The Hall–Kier alpha value is -2.17. The number of benzene rings is 1. The highest BCUT2D eigenvalue weighted by molar-refractivity contribution is 7.88. The number of aliphatic carboxylic acids is 1. The summed E-state index contributed by atoms with van der Waals surface area (Å²) in [6, 6.07) is 3.59. The maximum absolute atomic E-state index is 14.5. The second-order valence-corrected chi connectivity index (χ2v) is 9.41. The Morgan fingerprint density at radius 3 is 2.59 bits per heavy atom. The molecule has 156 valence electrons. The van der Waals surface area contributed by atoms with Gasteiger partial charge in [0.05, 0.1) is 35.1 Å². The van der Waals surface area contributed by atoms with Crippen LogP contribution in [-0.4, -0.2) is 47.9 Å². The van der Waals surface area contributed by atoms with E-state index in [0.717, 1.165) is 18.6 Å². The zero-order valence-corrected chi connectivity index (χ0v) is 16.8. The fourth-order valence-electron chi connectivity index (χ4n) is 3.63. The normalized spacial score (nSPS) is 24.6. The topological polar surface area (TPSA) is 109 Å². The molecule has 0 spiro atoms. The Morgan fingerprint density at radius 1 is 1.34 bits per heavy atom. The summed E-state index contributed by atoms with van der Waals surface area (Å²) in [5, 5.41) is 10.1. The molecule has 0 radical (unpaired) electrons. The van der Waals surface area contributed by atoms with Gasteiger partial charge < -0.3 is 5.11 Å². The van der Waals surface area contributed by atoms with E-state index in [4.69, 9.17) is 11.6 Å². The van der Waals surface area contributed by atoms with E-state index < -0.39 is 39.4 Å². The highest BCUT2D eigenvalue weighted by Gasteiger charge is 2.51. The van der Waals surface area contributed by atoms with Crippen molar-refractivity contribution in [1.29, 1.82) is 0 Å². The van der Waals surface area contributed by atoms with Crippen molar-refractivity contribution in [3.63, 3.8) is 0 Å². The molecule has 0 unspecified atom stereocenters. The smallest absolute Gasteiger partial charge is 0.310 e. The van der Waals surface area contributed by atoms with E-state index >= 15 is 0 Å². The summed E-state index contributed by atoms with van der Waals surface area (Å²) in [7, 11) is -3.69. The van der Waals surface area contributed by atoms with Crippen molar-refractivity contribution < 1.29 is 27.1 Å². The largest absolute Gasteiger partial charge is 0.481 e. The minimum atomic E-state index is -3.69. The molecule has 11 heteroatoms. The molecule has 1 heterocycles. The highest BCUT2D eigenvalue weighted by Crippen LogP contribution is 2.44. The maximum atomic E-state index is 14.5. The lowest BCUT2D eigenvalue weighted by Gasteiger charge is -2.24. The van der Waals surface area contributed by atoms with Gasteiger partial charge in [0.25, 0.3) is 0 Å². The van der Waals surface area contributed by atoms with Gasteiger partial charge in [-0.2, -0.15) is 0 Å². The second-order valence-electron chi connectivity index (χ2n) is 7.22. The fourth-order valence-corrected chi connectivity index (χ4v) is 4.61. The predicted molar refractivity (Wildman–Crippen MR) is 102 cm³/mol. The van der Waals surface area contributed by atoms with Gasteiger partial charge in [0.2, 0.25) is 10.0 Å². The van der Waals surface area contributed by atoms with Crippen molar-refractivity contribution in [2.45, 2.75) is 31.5 Å². The summed E-state index contributed by atoms with van der Waals surface area (Å²) in [4.78, 5) is 19.8. The van der Waals surface area contributed by atoms with Crippen molar-refractivity contribution >= 4 is 27.6 Å². The van der Waals surface area contributed by atoms with E-state index in [1.807, 2.05) is 0 Å². The first-order valence-electron chi connectivity index (χ1n) is 8.60. The molecule has 1 aromatic heterocycles. The molecule has 0 aliphatic heterocycles. The number of hydrogen-bond donors (Lipinski definition) is 2.